The van der Waals surface area contributed by atoms with E-state index in [0.717, 1.165) is 0 Å². The van der Waals surface area contributed by atoms with Crippen molar-refractivity contribution < 1.29 is 0 Å². The zero-order valence-corrected chi connectivity index (χ0v) is 15.2. The van der Waals surface area contributed by atoms with E-state index in [1.165, 1.54) is 51.4 Å². The lowest BCUT2D eigenvalue weighted by molar-refractivity contribution is 0.206. The van der Waals surface area contributed by atoms with Crippen LogP contribution in [-0.4, -0.2) is 0 Å². The first-order valence-corrected chi connectivity index (χ1v) is 9.08. The lowest BCUT2D eigenvalue weighted by Gasteiger charge is -2.34. The summed E-state index contributed by atoms with van der Waals surface area (Å²) in [6, 6.07) is 0. The molecule has 0 heteroatoms. The van der Waals surface area contributed by atoms with Gasteiger partial charge in [0, 0.05) is 0 Å². The van der Waals surface area contributed by atoms with E-state index in [-0.39, 0.29) is 0 Å². The van der Waals surface area contributed by atoms with Crippen molar-refractivity contribution in [1.29, 1.82) is 0 Å². The van der Waals surface area contributed by atoms with Gasteiger partial charge in [0.05, 0.1) is 0 Å². The fourth-order valence-corrected chi connectivity index (χ4v) is 5.08. The van der Waals surface area contributed by atoms with Crippen LogP contribution in [0.3, 0.4) is 0 Å². The van der Waals surface area contributed by atoms with E-state index in [1.807, 2.05) is 0 Å². The highest BCUT2D eigenvalue weighted by Gasteiger charge is 2.46. The highest BCUT2D eigenvalue weighted by molar-refractivity contribution is 5.54. The normalized spacial score (nSPS) is 26.0. The van der Waals surface area contributed by atoms with Crippen LogP contribution in [0.4, 0.5) is 0 Å². The summed E-state index contributed by atoms with van der Waals surface area (Å²) in [6.45, 7) is 14.5. The maximum atomic E-state index is 2.42. The molecule has 0 amide bonds. The van der Waals surface area contributed by atoms with Crippen molar-refractivity contribution in [3.63, 3.8) is 0 Å². The van der Waals surface area contributed by atoms with E-state index in [0.29, 0.717) is 16.2 Å². The molecule has 118 valence electrons. The first-order valence-electron chi connectivity index (χ1n) is 9.08. The molecule has 0 aromatic carbocycles. The van der Waals surface area contributed by atoms with Gasteiger partial charge in [-0.15, -0.1) is 0 Å². The van der Waals surface area contributed by atoms with Crippen LogP contribution in [0.25, 0.3) is 0 Å². The molecule has 0 nitrogen and oxygen atoms in total. The molecular weight excluding hydrogens is 252 g/mol. The van der Waals surface area contributed by atoms with Crippen molar-refractivity contribution in [2.75, 3.05) is 0 Å². The predicted octanol–water partition coefficient (Wildman–Crippen LogP) is 6.82. The maximum Gasteiger partial charge on any atom is -0.00861 e. The Balaban J connectivity index is 2.03. The van der Waals surface area contributed by atoms with Crippen LogP contribution in [0.2, 0.25) is 0 Å². The Morgan fingerprint density at radius 1 is 0.667 bits per heavy atom. The number of rotatable bonds is 0. The highest BCUT2D eigenvalue weighted by atomic mass is 14.5. The van der Waals surface area contributed by atoms with Gasteiger partial charge < -0.3 is 0 Å². The molecule has 0 saturated heterocycles. The number of hydrogen-bond acceptors (Lipinski definition) is 0. The average Bonchev–Trinajstić information content (AvgIpc) is 2.82. The fraction of sp³-hybridized carbons (Fsp3) is 0.810. The van der Waals surface area contributed by atoms with Gasteiger partial charge in [-0.05, 0) is 59.5 Å². The molecule has 3 aliphatic carbocycles. The Labute approximate surface area is 132 Å². The summed E-state index contributed by atoms with van der Waals surface area (Å²) in [5.41, 5.74) is 8.47. The summed E-state index contributed by atoms with van der Waals surface area (Å²) in [7, 11) is 0. The standard InChI is InChI=1S/C21H34/c1-19(2,3)17-12-18(20(4,5)6)16-14-21(13-15(16)17)10-8-7-9-11-21/h7-14H2,1-6H3. The third-order valence-corrected chi connectivity index (χ3v) is 6.27. The van der Waals surface area contributed by atoms with Crippen LogP contribution in [0.5, 0.6) is 0 Å². The van der Waals surface area contributed by atoms with E-state index in [4.69, 9.17) is 0 Å². The minimum absolute atomic E-state index is 0.341. The maximum absolute atomic E-state index is 2.42. The van der Waals surface area contributed by atoms with Crippen LogP contribution >= 0.6 is 0 Å². The van der Waals surface area contributed by atoms with Gasteiger partial charge in [-0.1, -0.05) is 72.0 Å². The first kappa shape index (κ1) is 15.4. The van der Waals surface area contributed by atoms with Crippen molar-refractivity contribution in [2.24, 2.45) is 16.2 Å². The van der Waals surface area contributed by atoms with E-state index >= 15 is 0 Å². The Hall–Kier alpha value is -0.520. The lowest BCUT2D eigenvalue weighted by Crippen LogP contribution is -2.21. The minimum Gasteiger partial charge on any atom is -0.0573 e. The van der Waals surface area contributed by atoms with Gasteiger partial charge in [0.2, 0.25) is 0 Å². The molecular formula is C21H34. The zero-order valence-electron chi connectivity index (χ0n) is 15.2. The second-order valence-corrected chi connectivity index (χ2v) is 10.0. The molecule has 0 unspecified atom stereocenters. The summed E-state index contributed by atoms with van der Waals surface area (Å²) in [6.07, 6.45) is 11.4. The van der Waals surface area contributed by atoms with E-state index in [1.54, 1.807) is 22.3 Å². The van der Waals surface area contributed by atoms with Gasteiger partial charge in [0.1, 0.15) is 0 Å². The molecule has 0 radical (unpaired) electrons. The molecule has 2 fully saturated rings. The molecule has 0 aliphatic heterocycles. The summed E-state index contributed by atoms with van der Waals surface area (Å²) in [5, 5.41) is 0. The molecule has 0 bridgehead atoms. The molecule has 1 spiro atoms. The second-order valence-electron chi connectivity index (χ2n) is 10.0. The lowest BCUT2D eigenvalue weighted by atomic mass is 9.70. The third kappa shape index (κ3) is 2.64. The summed E-state index contributed by atoms with van der Waals surface area (Å²) >= 11 is 0. The van der Waals surface area contributed by atoms with Crippen molar-refractivity contribution in [1.82, 2.24) is 0 Å². The van der Waals surface area contributed by atoms with E-state index in [9.17, 15) is 0 Å². The summed E-state index contributed by atoms with van der Waals surface area (Å²) in [5.74, 6) is 0. The van der Waals surface area contributed by atoms with Gasteiger partial charge in [0.25, 0.3) is 0 Å². The van der Waals surface area contributed by atoms with Gasteiger partial charge in [-0.25, -0.2) is 0 Å². The Kier molecular flexibility index (Phi) is 3.47. The molecule has 0 N–H and O–H groups in total. The van der Waals surface area contributed by atoms with Crippen molar-refractivity contribution in [2.45, 2.75) is 92.9 Å². The van der Waals surface area contributed by atoms with Crippen LogP contribution in [0.1, 0.15) is 92.9 Å². The number of hydrogen-bond donors (Lipinski definition) is 0. The van der Waals surface area contributed by atoms with Crippen LogP contribution in [0, 0.1) is 16.2 Å². The minimum atomic E-state index is 0.341. The smallest absolute Gasteiger partial charge is 0.00861 e. The zero-order chi connectivity index (χ0) is 15.5. The Bertz CT molecular complexity index is 453. The molecule has 0 aromatic rings. The van der Waals surface area contributed by atoms with E-state index < -0.39 is 0 Å². The van der Waals surface area contributed by atoms with Crippen molar-refractivity contribution >= 4 is 0 Å². The Morgan fingerprint density at radius 2 is 1.10 bits per heavy atom. The SMILES string of the molecule is CC(C)(C)C1=C2CC3(CCCCC3)CC2=C(C(C)(C)C)C1. The molecule has 0 heterocycles. The van der Waals surface area contributed by atoms with Crippen molar-refractivity contribution in [3.05, 3.63) is 22.3 Å². The van der Waals surface area contributed by atoms with Crippen LogP contribution in [-0.2, 0) is 0 Å². The molecule has 3 rings (SSSR count). The molecule has 21 heavy (non-hydrogen) atoms. The fourth-order valence-electron chi connectivity index (χ4n) is 5.08. The van der Waals surface area contributed by atoms with Crippen LogP contribution < -0.4 is 0 Å². The molecule has 0 atom stereocenters. The van der Waals surface area contributed by atoms with Gasteiger partial charge in [-0.3, -0.25) is 0 Å². The van der Waals surface area contributed by atoms with Gasteiger partial charge >= 0.3 is 0 Å². The highest BCUT2D eigenvalue weighted by Crippen LogP contribution is 2.61. The largest absolute Gasteiger partial charge is 0.0573 e. The number of allylic oxidation sites excluding steroid dienone is 4. The first-order chi connectivity index (χ1) is 9.62. The van der Waals surface area contributed by atoms with Gasteiger partial charge in [-0.2, -0.15) is 0 Å². The third-order valence-electron chi connectivity index (χ3n) is 6.27. The van der Waals surface area contributed by atoms with Gasteiger partial charge in [0.15, 0.2) is 0 Å². The number of fused-ring (bicyclic) bond motifs is 1. The van der Waals surface area contributed by atoms with Crippen molar-refractivity contribution in [3.8, 4) is 0 Å². The average molecular weight is 287 g/mol. The monoisotopic (exact) mass is 286 g/mol. The topological polar surface area (TPSA) is 0 Å². The van der Waals surface area contributed by atoms with E-state index in [2.05, 4.69) is 41.5 Å². The molecule has 2 saturated carbocycles. The quantitative estimate of drug-likeness (QED) is 0.458. The Morgan fingerprint density at radius 3 is 1.48 bits per heavy atom. The molecule has 3 aliphatic rings. The second kappa shape index (κ2) is 4.74. The summed E-state index contributed by atoms with van der Waals surface area (Å²) < 4.78 is 0. The summed E-state index contributed by atoms with van der Waals surface area (Å²) in [4.78, 5) is 0. The predicted molar refractivity (Wildman–Crippen MR) is 92.3 cm³/mol. The van der Waals surface area contributed by atoms with Crippen LogP contribution in [0.15, 0.2) is 22.3 Å². The molecule has 0 aromatic heterocycles.